The minimum atomic E-state index is -2.79. The molecule has 6 heteroatoms. The maximum Gasteiger partial charge on any atom is 0.150 e. The number of rotatable bonds is 5. The first-order valence-corrected chi connectivity index (χ1v) is 7.83. The van der Waals surface area contributed by atoms with E-state index in [1.54, 1.807) is 6.20 Å². The van der Waals surface area contributed by atoms with Crippen molar-refractivity contribution in [1.29, 1.82) is 0 Å². The molecular formula is C11H19N3O2S. The predicted octanol–water partition coefficient (Wildman–Crippen LogP) is 0.209. The smallest absolute Gasteiger partial charge is 0.150 e. The summed E-state index contributed by atoms with van der Waals surface area (Å²) in [5, 5.41) is 0. The molecule has 5 nitrogen and oxygen atoms in total. The molecule has 1 atom stereocenters. The lowest BCUT2D eigenvalue weighted by Gasteiger charge is -2.10. The summed E-state index contributed by atoms with van der Waals surface area (Å²) >= 11 is 0. The minimum absolute atomic E-state index is 0.235. The van der Waals surface area contributed by atoms with Gasteiger partial charge in [-0.05, 0) is 25.3 Å². The Morgan fingerprint density at radius 1 is 1.53 bits per heavy atom. The van der Waals surface area contributed by atoms with Crippen molar-refractivity contribution in [2.24, 2.45) is 11.7 Å². The van der Waals surface area contributed by atoms with Crippen molar-refractivity contribution in [3.8, 4) is 0 Å². The quantitative estimate of drug-likeness (QED) is 0.818. The summed E-state index contributed by atoms with van der Waals surface area (Å²) in [6, 6.07) is 0. The van der Waals surface area contributed by atoms with Gasteiger partial charge in [0.25, 0.3) is 0 Å². The van der Waals surface area contributed by atoms with Crippen molar-refractivity contribution in [3.63, 3.8) is 0 Å². The van der Waals surface area contributed by atoms with Crippen LogP contribution in [-0.2, 0) is 22.8 Å². The Bertz CT molecular complexity index is 467. The summed E-state index contributed by atoms with van der Waals surface area (Å²) in [4.78, 5) is 4.31. The van der Waals surface area contributed by atoms with E-state index in [-0.39, 0.29) is 5.92 Å². The van der Waals surface area contributed by atoms with Gasteiger partial charge < -0.3 is 10.3 Å². The lowest BCUT2D eigenvalue weighted by atomic mass is 10.1. The molecule has 1 aromatic rings. The van der Waals surface area contributed by atoms with Gasteiger partial charge >= 0.3 is 0 Å². The van der Waals surface area contributed by atoms with Crippen LogP contribution in [0.4, 0.5) is 0 Å². The topological polar surface area (TPSA) is 78.0 Å². The zero-order chi connectivity index (χ0) is 12.3. The highest BCUT2D eigenvalue weighted by Gasteiger charge is 2.28. The lowest BCUT2D eigenvalue weighted by Crippen LogP contribution is -2.13. The van der Waals surface area contributed by atoms with Gasteiger partial charge in [0.1, 0.15) is 5.82 Å². The van der Waals surface area contributed by atoms with E-state index in [0.29, 0.717) is 18.1 Å². The average molecular weight is 257 g/mol. The first-order chi connectivity index (χ1) is 8.11. The van der Waals surface area contributed by atoms with Crippen molar-refractivity contribution in [2.45, 2.75) is 25.8 Å². The third kappa shape index (κ3) is 3.29. The summed E-state index contributed by atoms with van der Waals surface area (Å²) < 4.78 is 24.8. The standard InChI is InChI=1S/C11H19N3O2S/c12-3-1-5-14-6-4-13-11(14)8-10-2-7-17(15,16)9-10/h4,6,10H,1-3,5,7-9,12H2. The van der Waals surface area contributed by atoms with E-state index in [4.69, 9.17) is 5.73 Å². The summed E-state index contributed by atoms with van der Waals surface area (Å²) in [5.41, 5.74) is 5.48. The molecule has 0 saturated carbocycles. The summed E-state index contributed by atoms with van der Waals surface area (Å²) in [5.74, 6) is 1.87. The molecule has 0 amide bonds. The molecule has 1 aliphatic heterocycles. The average Bonchev–Trinajstić information content (AvgIpc) is 2.83. The summed E-state index contributed by atoms with van der Waals surface area (Å²) in [6.07, 6.45) is 6.17. The molecule has 0 radical (unpaired) electrons. The van der Waals surface area contributed by atoms with Crippen molar-refractivity contribution >= 4 is 9.84 Å². The molecule has 1 aromatic heterocycles. The number of imidazole rings is 1. The van der Waals surface area contributed by atoms with E-state index in [0.717, 1.165) is 31.6 Å². The van der Waals surface area contributed by atoms with Crippen LogP contribution < -0.4 is 5.73 Å². The molecule has 0 aliphatic carbocycles. The number of aromatic nitrogens is 2. The number of aryl methyl sites for hydroxylation is 1. The second kappa shape index (κ2) is 5.18. The van der Waals surface area contributed by atoms with Gasteiger partial charge in [-0.2, -0.15) is 0 Å². The molecule has 17 heavy (non-hydrogen) atoms. The molecule has 0 spiro atoms. The SMILES string of the molecule is NCCCn1ccnc1CC1CCS(=O)(=O)C1. The Hall–Kier alpha value is -0.880. The molecule has 1 unspecified atom stereocenters. The van der Waals surface area contributed by atoms with Crippen LogP contribution in [-0.4, -0.2) is 36.0 Å². The zero-order valence-electron chi connectivity index (χ0n) is 9.88. The number of nitrogens with two attached hydrogens (primary N) is 1. The molecular weight excluding hydrogens is 238 g/mol. The van der Waals surface area contributed by atoms with Crippen LogP contribution in [0, 0.1) is 5.92 Å². The Balaban J connectivity index is 1.97. The van der Waals surface area contributed by atoms with E-state index in [1.807, 2.05) is 6.20 Å². The molecule has 1 fully saturated rings. The van der Waals surface area contributed by atoms with Crippen molar-refractivity contribution < 1.29 is 8.42 Å². The largest absolute Gasteiger partial charge is 0.335 e. The zero-order valence-corrected chi connectivity index (χ0v) is 10.7. The fourth-order valence-electron chi connectivity index (χ4n) is 2.29. The van der Waals surface area contributed by atoms with Gasteiger partial charge in [-0.25, -0.2) is 13.4 Å². The lowest BCUT2D eigenvalue weighted by molar-refractivity contribution is 0.534. The van der Waals surface area contributed by atoms with Crippen LogP contribution in [0.1, 0.15) is 18.7 Å². The van der Waals surface area contributed by atoms with E-state index in [1.165, 1.54) is 0 Å². The van der Waals surface area contributed by atoms with Crippen LogP contribution in [0.25, 0.3) is 0 Å². The first-order valence-electron chi connectivity index (χ1n) is 6.01. The van der Waals surface area contributed by atoms with Gasteiger partial charge in [-0.3, -0.25) is 0 Å². The van der Waals surface area contributed by atoms with Crippen LogP contribution in [0.3, 0.4) is 0 Å². The summed E-state index contributed by atoms with van der Waals surface area (Å²) in [7, 11) is -2.79. The van der Waals surface area contributed by atoms with E-state index >= 15 is 0 Å². The number of nitrogens with zero attached hydrogens (tertiary/aromatic N) is 2. The molecule has 1 aliphatic rings. The van der Waals surface area contributed by atoms with Gasteiger partial charge in [0.2, 0.25) is 0 Å². The molecule has 2 heterocycles. The van der Waals surface area contributed by atoms with Crippen LogP contribution in [0.2, 0.25) is 0 Å². The maximum atomic E-state index is 11.4. The number of hydrogen-bond acceptors (Lipinski definition) is 4. The number of sulfone groups is 1. The first kappa shape index (κ1) is 12.6. The molecule has 2 rings (SSSR count). The second-order valence-electron chi connectivity index (χ2n) is 4.65. The molecule has 2 N–H and O–H groups in total. The Kier molecular flexibility index (Phi) is 3.83. The molecule has 1 saturated heterocycles. The highest BCUT2D eigenvalue weighted by molar-refractivity contribution is 7.91. The van der Waals surface area contributed by atoms with E-state index in [2.05, 4.69) is 9.55 Å². The Morgan fingerprint density at radius 2 is 2.35 bits per heavy atom. The third-order valence-corrected chi connectivity index (χ3v) is 5.04. The van der Waals surface area contributed by atoms with Gasteiger partial charge in [0, 0.05) is 25.4 Å². The number of hydrogen-bond donors (Lipinski definition) is 1. The van der Waals surface area contributed by atoms with Crippen LogP contribution in [0.15, 0.2) is 12.4 Å². The summed E-state index contributed by atoms with van der Waals surface area (Å²) in [6.45, 7) is 1.53. The second-order valence-corrected chi connectivity index (χ2v) is 6.88. The molecule has 96 valence electrons. The van der Waals surface area contributed by atoms with Crippen molar-refractivity contribution in [3.05, 3.63) is 18.2 Å². The molecule has 0 aromatic carbocycles. The highest BCUT2D eigenvalue weighted by atomic mass is 32.2. The van der Waals surface area contributed by atoms with Gasteiger partial charge in [-0.15, -0.1) is 0 Å². The molecule has 0 bridgehead atoms. The van der Waals surface area contributed by atoms with Gasteiger partial charge in [-0.1, -0.05) is 0 Å². The van der Waals surface area contributed by atoms with Crippen LogP contribution >= 0.6 is 0 Å². The Labute approximate surface area is 102 Å². The van der Waals surface area contributed by atoms with Gasteiger partial charge in [0.05, 0.1) is 11.5 Å². The minimum Gasteiger partial charge on any atom is -0.335 e. The van der Waals surface area contributed by atoms with E-state index < -0.39 is 9.84 Å². The fraction of sp³-hybridized carbons (Fsp3) is 0.727. The maximum absolute atomic E-state index is 11.4. The van der Waals surface area contributed by atoms with Crippen LogP contribution in [0.5, 0.6) is 0 Å². The monoisotopic (exact) mass is 257 g/mol. The predicted molar refractivity (Wildman–Crippen MR) is 66.4 cm³/mol. The van der Waals surface area contributed by atoms with E-state index in [9.17, 15) is 8.42 Å². The third-order valence-electron chi connectivity index (χ3n) is 3.20. The van der Waals surface area contributed by atoms with Crippen molar-refractivity contribution in [1.82, 2.24) is 9.55 Å². The highest BCUT2D eigenvalue weighted by Crippen LogP contribution is 2.22. The fourth-order valence-corrected chi connectivity index (χ4v) is 4.15. The normalized spacial score (nSPS) is 23.0. The Morgan fingerprint density at radius 3 is 3.00 bits per heavy atom. The van der Waals surface area contributed by atoms with Gasteiger partial charge in [0.15, 0.2) is 9.84 Å². The van der Waals surface area contributed by atoms with Crippen molar-refractivity contribution in [2.75, 3.05) is 18.1 Å².